The summed E-state index contributed by atoms with van der Waals surface area (Å²) in [6.07, 6.45) is 1.73. The van der Waals surface area contributed by atoms with Gasteiger partial charge in [0.1, 0.15) is 11.6 Å². The molecule has 0 fully saturated rings. The van der Waals surface area contributed by atoms with Gasteiger partial charge in [0.05, 0.1) is 0 Å². The molecule has 4 nitrogen and oxygen atoms in total. The van der Waals surface area contributed by atoms with Gasteiger partial charge in [0.2, 0.25) is 0 Å². The molecular formula is C16H18N2O2. The number of rotatable bonds is 5. The largest absolute Gasteiger partial charge is 0.481 e. The number of nitrogens with zero attached hydrogens (tertiary/aromatic N) is 1. The number of carbonyl (C=O) groups is 1. The smallest absolute Gasteiger partial charge is 0.266 e. The van der Waals surface area contributed by atoms with E-state index in [1.54, 1.807) is 6.20 Å². The van der Waals surface area contributed by atoms with Crippen LogP contribution in [0.15, 0.2) is 48.7 Å². The van der Waals surface area contributed by atoms with E-state index >= 15 is 0 Å². The summed E-state index contributed by atoms with van der Waals surface area (Å²) >= 11 is 0. The van der Waals surface area contributed by atoms with Gasteiger partial charge in [-0.05, 0) is 43.2 Å². The Balaban J connectivity index is 2.02. The van der Waals surface area contributed by atoms with Gasteiger partial charge >= 0.3 is 0 Å². The Kier molecular flexibility index (Phi) is 4.71. The van der Waals surface area contributed by atoms with Crippen molar-refractivity contribution >= 4 is 11.7 Å². The van der Waals surface area contributed by atoms with Crippen LogP contribution in [-0.2, 0) is 4.79 Å². The van der Waals surface area contributed by atoms with Crippen LogP contribution in [0.5, 0.6) is 5.75 Å². The van der Waals surface area contributed by atoms with Crippen LogP contribution < -0.4 is 10.1 Å². The van der Waals surface area contributed by atoms with Crippen LogP contribution in [0.1, 0.15) is 18.9 Å². The van der Waals surface area contributed by atoms with E-state index in [0.29, 0.717) is 18.0 Å². The van der Waals surface area contributed by atoms with Crippen LogP contribution in [0.4, 0.5) is 5.82 Å². The van der Waals surface area contributed by atoms with Crippen molar-refractivity contribution in [1.29, 1.82) is 0 Å². The molecule has 1 aromatic heterocycles. The fourth-order valence-electron chi connectivity index (χ4n) is 1.80. The number of aromatic nitrogens is 1. The highest BCUT2D eigenvalue weighted by molar-refractivity contribution is 5.93. The van der Waals surface area contributed by atoms with Crippen molar-refractivity contribution in [1.82, 2.24) is 4.98 Å². The number of ether oxygens (including phenoxy) is 1. The van der Waals surface area contributed by atoms with Gasteiger partial charge in [-0.2, -0.15) is 0 Å². The molecule has 1 heterocycles. The summed E-state index contributed by atoms with van der Waals surface area (Å²) in [6, 6.07) is 13.0. The normalized spacial score (nSPS) is 11.7. The van der Waals surface area contributed by atoms with Crippen LogP contribution >= 0.6 is 0 Å². The number of anilines is 1. The Hall–Kier alpha value is -2.36. The lowest BCUT2D eigenvalue weighted by atomic mass is 10.2. The fourth-order valence-corrected chi connectivity index (χ4v) is 1.80. The molecule has 0 spiro atoms. The Bertz CT molecular complexity index is 570. The first kappa shape index (κ1) is 14.1. The Morgan fingerprint density at radius 2 is 2.05 bits per heavy atom. The summed E-state index contributed by atoms with van der Waals surface area (Å²) in [5.41, 5.74) is 1.05. The summed E-state index contributed by atoms with van der Waals surface area (Å²) < 4.78 is 5.69. The number of hydrogen-bond acceptors (Lipinski definition) is 3. The summed E-state index contributed by atoms with van der Waals surface area (Å²) in [5.74, 6) is 1.05. The minimum Gasteiger partial charge on any atom is -0.481 e. The molecule has 0 bridgehead atoms. The van der Waals surface area contributed by atoms with Gasteiger partial charge < -0.3 is 10.1 Å². The molecule has 0 aliphatic heterocycles. The van der Waals surface area contributed by atoms with E-state index in [2.05, 4.69) is 10.3 Å². The van der Waals surface area contributed by atoms with Crippen molar-refractivity contribution in [3.8, 4) is 5.75 Å². The van der Waals surface area contributed by atoms with E-state index in [1.807, 2.05) is 56.3 Å². The zero-order valence-corrected chi connectivity index (χ0v) is 11.7. The van der Waals surface area contributed by atoms with E-state index in [9.17, 15) is 4.79 Å². The van der Waals surface area contributed by atoms with Gasteiger partial charge in [-0.1, -0.05) is 25.1 Å². The Labute approximate surface area is 118 Å². The van der Waals surface area contributed by atoms with Gasteiger partial charge in [0, 0.05) is 6.20 Å². The monoisotopic (exact) mass is 270 g/mol. The summed E-state index contributed by atoms with van der Waals surface area (Å²) in [4.78, 5) is 16.3. The minimum atomic E-state index is -0.528. The van der Waals surface area contributed by atoms with Gasteiger partial charge in [-0.25, -0.2) is 4.98 Å². The maximum Gasteiger partial charge on any atom is 0.266 e. The average Bonchev–Trinajstić information content (AvgIpc) is 2.45. The first-order valence-corrected chi connectivity index (χ1v) is 6.64. The molecule has 0 radical (unpaired) electrons. The van der Waals surface area contributed by atoms with E-state index in [-0.39, 0.29) is 5.91 Å². The molecule has 0 saturated carbocycles. The third-order valence-electron chi connectivity index (χ3n) is 2.85. The SMILES string of the molecule is CCC(Oc1ccccc1)C(=O)Nc1cc(C)ccn1. The quantitative estimate of drug-likeness (QED) is 0.907. The Morgan fingerprint density at radius 1 is 1.30 bits per heavy atom. The predicted octanol–water partition coefficient (Wildman–Crippen LogP) is 3.19. The van der Waals surface area contributed by atoms with Crippen molar-refractivity contribution < 1.29 is 9.53 Å². The highest BCUT2D eigenvalue weighted by atomic mass is 16.5. The number of para-hydroxylation sites is 1. The maximum atomic E-state index is 12.2. The molecular weight excluding hydrogens is 252 g/mol. The van der Waals surface area contributed by atoms with Crippen LogP contribution in [0, 0.1) is 6.92 Å². The number of nitrogens with one attached hydrogen (secondary N) is 1. The third-order valence-corrected chi connectivity index (χ3v) is 2.85. The van der Waals surface area contributed by atoms with Gasteiger partial charge in [-0.3, -0.25) is 4.79 Å². The first-order chi connectivity index (χ1) is 9.69. The van der Waals surface area contributed by atoms with Gasteiger partial charge in [0.15, 0.2) is 6.10 Å². The zero-order chi connectivity index (χ0) is 14.4. The summed E-state index contributed by atoms with van der Waals surface area (Å²) in [7, 11) is 0. The molecule has 0 saturated heterocycles. The average molecular weight is 270 g/mol. The minimum absolute atomic E-state index is 0.186. The van der Waals surface area contributed by atoms with E-state index < -0.39 is 6.10 Å². The number of carbonyl (C=O) groups excluding carboxylic acids is 1. The number of benzene rings is 1. The van der Waals surface area contributed by atoms with Crippen LogP contribution in [0.25, 0.3) is 0 Å². The standard InChI is InChI=1S/C16H18N2O2/c1-3-14(20-13-7-5-4-6-8-13)16(19)18-15-11-12(2)9-10-17-15/h4-11,14H,3H2,1-2H3,(H,17,18,19). The molecule has 20 heavy (non-hydrogen) atoms. The molecule has 0 aliphatic rings. The molecule has 0 aliphatic carbocycles. The molecule has 1 unspecified atom stereocenters. The van der Waals surface area contributed by atoms with E-state index in [4.69, 9.17) is 4.74 Å². The molecule has 1 atom stereocenters. The second-order valence-corrected chi connectivity index (χ2v) is 4.54. The van der Waals surface area contributed by atoms with E-state index in [0.717, 1.165) is 5.56 Å². The summed E-state index contributed by atoms with van der Waals surface area (Å²) in [5, 5.41) is 2.78. The molecule has 104 valence electrons. The lowest BCUT2D eigenvalue weighted by Gasteiger charge is -2.17. The van der Waals surface area contributed by atoms with Crippen LogP contribution in [0.3, 0.4) is 0 Å². The molecule has 4 heteroatoms. The van der Waals surface area contributed by atoms with Crippen molar-refractivity contribution in [3.05, 3.63) is 54.2 Å². The molecule has 2 rings (SSSR count). The predicted molar refractivity (Wildman–Crippen MR) is 78.8 cm³/mol. The van der Waals surface area contributed by atoms with Crippen molar-refractivity contribution in [2.24, 2.45) is 0 Å². The highest BCUT2D eigenvalue weighted by Crippen LogP contribution is 2.14. The van der Waals surface area contributed by atoms with Crippen LogP contribution in [0.2, 0.25) is 0 Å². The van der Waals surface area contributed by atoms with Crippen molar-refractivity contribution in [3.63, 3.8) is 0 Å². The van der Waals surface area contributed by atoms with Crippen molar-refractivity contribution in [2.75, 3.05) is 5.32 Å². The van der Waals surface area contributed by atoms with Crippen molar-refractivity contribution in [2.45, 2.75) is 26.4 Å². The van der Waals surface area contributed by atoms with Gasteiger partial charge in [-0.15, -0.1) is 0 Å². The first-order valence-electron chi connectivity index (χ1n) is 6.64. The Morgan fingerprint density at radius 3 is 2.70 bits per heavy atom. The van der Waals surface area contributed by atoms with Gasteiger partial charge in [0.25, 0.3) is 5.91 Å². The fraction of sp³-hybridized carbons (Fsp3) is 0.250. The number of hydrogen-bond donors (Lipinski definition) is 1. The number of aryl methyl sites for hydroxylation is 1. The zero-order valence-electron chi connectivity index (χ0n) is 11.7. The lowest BCUT2D eigenvalue weighted by Crippen LogP contribution is -2.32. The summed E-state index contributed by atoms with van der Waals surface area (Å²) in [6.45, 7) is 3.87. The topological polar surface area (TPSA) is 51.2 Å². The second kappa shape index (κ2) is 6.70. The lowest BCUT2D eigenvalue weighted by molar-refractivity contribution is -0.122. The third kappa shape index (κ3) is 3.82. The second-order valence-electron chi connectivity index (χ2n) is 4.54. The molecule has 1 amide bonds. The number of pyridine rings is 1. The number of amides is 1. The molecule has 1 N–H and O–H groups in total. The van der Waals surface area contributed by atoms with E-state index in [1.165, 1.54) is 0 Å². The van der Waals surface area contributed by atoms with Crippen LogP contribution in [-0.4, -0.2) is 17.0 Å². The molecule has 2 aromatic rings. The highest BCUT2D eigenvalue weighted by Gasteiger charge is 2.18. The maximum absolute atomic E-state index is 12.2. The molecule has 1 aromatic carbocycles.